The molecule has 0 bridgehead atoms. The zero-order valence-electron chi connectivity index (χ0n) is 15.2. The normalized spacial score (nSPS) is 27.9. The van der Waals surface area contributed by atoms with Crippen molar-refractivity contribution in [3.05, 3.63) is 53.1 Å². The monoisotopic (exact) mass is 396 g/mol. The highest BCUT2D eigenvalue weighted by Gasteiger charge is 2.44. The van der Waals surface area contributed by atoms with Gasteiger partial charge in [-0.2, -0.15) is 0 Å². The van der Waals surface area contributed by atoms with Crippen molar-refractivity contribution in [3.63, 3.8) is 0 Å². The summed E-state index contributed by atoms with van der Waals surface area (Å²) in [6.07, 6.45) is 6.34. The maximum absolute atomic E-state index is 13.2. The fourth-order valence-electron chi connectivity index (χ4n) is 3.59. The maximum Gasteiger partial charge on any atom is 0.242 e. The van der Waals surface area contributed by atoms with Gasteiger partial charge in [0, 0.05) is 31.1 Å². The highest BCUT2D eigenvalue weighted by molar-refractivity contribution is 7.93. The van der Waals surface area contributed by atoms with Crippen LogP contribution in [0.25, 0.3) is 0 Å². The Balaban J connectivity index is 2.03. The van der Waals surface area contributed by atoms with Crippen molar-refractivity contribution in [1.29, 1.82) is 0 Å². The Hall–Kier alpha value is -1.34. The summed E-state index contributed by atoms with van der Waals surface area (Å²) in [5.41, 5.74) is 1.68. The number of halogens is 1. The van der Waals surface area contributed by atoms with E-state index in [1.807, 2.05) is 37.3 Å². The van der Waals surface area contributed by atoms with Crippen LogP contribution in [0, 0.1) is 5.92 Å². The van der Waals surface area contributed by atoms with Crippen molar-refractivity contribution >= 4 is 27.3 Å². The van der Waals surface area contributed by atoms with Gasteiger partial charge in [0.1, 0.15) is 5.25 Å². The topological polar surface area (TPSA) is 58.6 Å². The number of methoxy groups -OCH3 is 1. The summed E-state index contributed by atoms with van der Waals surface area (Å²) in [6.45, 7) is 2.75. The van der Waals surface area contributed by atoms with E-state index in [2.05, 4.69) is 5.32 Å². The van der Waals surface area contributed by atoms with Gasteiger partial charge in [-0.05, 0) is 43.7 Å². The number of sulfonamides is 1. The van der Waals surface area contributed by atoms with E-state index < -0.39 is 15.3 Å². The zero-order chi connectivity index (χ0) is 18.9. The minimum atomic E-state index is -3.57. The van der Waals surface area contributed by atoms with Crippen LogP contribution in [0.15, 0.2) is 47.5 Å². The summed E-state index contributed by atoms with van der Waals surface area (Å²) in [5.74, 6) is -0.230. The summed E-state index contributed by atoms with van der Waals surface area (Å²) >= 11 is 6.14. The van der Waals surface area contributed by atoms with Crippen LogP contribution >= 0.6 is 11.6 Å². The van der Waals surface area contributed by atoms with Gasteiger partial charge in [0.05, 0.1) is 11.8 Å². The fourth-order valence-corrected chi connectivity index (χ4v) is 5.64. The van der Waals surface area contributed by atoms with Gasteiger partial charge >= 0.3 is 0 Å². The van der Waals surface area contributed by atoms with Crippen LogP contribution in [0.2, 0.25) is 0 Å². The van der Waals surface area contributed by atoms with Crippen molar-refractivity contribution in [2.75, 3.05) is 25.0 Å². The number of hydrogen-bond donors (Lipinski definition) is 1. The second kappa shape index (κ2) is 7.72. The number of benzene rings is 1. The number of anilines is 1. The molecular weight excluding hydrogens is 372 g/mol. The van der Waals surface area contributed by atoms with Gasteiger partial charge < -0.3 is 10.1 Å². The average molecular weight is 397 g/mol. The summed E-state index contributed by atoms with van der Waals surface area (Å²) in [6, 6.07) is 7.53. The van der Waals surface area contributed by atoms with Gasteiger partial charge in [-0.3, -0.25) is 4.31 Å². The van der Waals surface area contributed by atoms with E-state index in [9.17, 15) is 8.42 Å². The molecule has 0 spiro atoms. The average Bonchev–Trinajstić information content (AvgIpc) is 2.70. The summed E-state index contributed by atoms with van der Waals surface area (Å²) in [7, 11) is -0.261. The molecule has 4 atom stereocenters. The quantitative estimate of drug-likeness (QED) is 0.830. The van der Waals surface area contributed by atoms with Crippen LogP contribution in [-0.4, -0.2) is 40.5 Å². The lowest BCUT2D eigenvalue weighted by Crippen LogP contribution is -2.41. The molecule has 0 fully saturated rings. The van der Waals surface area contributed by atoms with Crippen LogP contribution in [0.5, 0.6) is 0 Å². The standard InChI is InChI=1S/C19H25ClN2O3S/c1-13(25-3)10-11-21-19-15-6-4-5-7-17(15)22(2)26(23,24)18-12-14(20)8-9-16(18)19/h4-9,12-13,16,18-19,21H,10-11H2,1-3H3. The third kappa shape index (κ3) is 3.56. The Labute approximate surface area is 160 Å². The molecule has 26 heavy (non-hydrogen) atoms. The summed E-state index contributed by atoms with van der Waals surface area (Å²) < 4.78 is 33.1. The lowest BCUT2D eigenvalue weighted by molar-refractivity contribution is 0.109. The van der Waals surface area contributed by atoms with E-state index in [0.717, 1.165) is 18.5 Å². The van der Waals surface area contributed by atoms with Crippen LogP contribution in [0.4, 0.5) is 5.69 Å². The van der Waals surface area contributed by atoms with Crippen LogP contribution < -0.4 is 9.62 Å². The Morgan fingerprint density at radius 1 is 1.35 bits per heavy atom. The van der Waals surface area contributed by atoms with E-state index in [0.29, 0.717) is 10.7 Å². The summed E-state index contributed by atoms with van der Waals surface area (Å²) in [4.78, 5) is 0. The largest absolute Gasteiger partial charge is 0.382 e. The van der Waals surface area contributed by atoms with Crippen molar-refractivity contribution in [1.82, 2.24) is 5.32 Å². The number of fused-ring (bicyclic) bond motifs is 2. The molecule has 5 nitrogen and oxygen atoms in total. The van der Waals surface area contributed by atoms with E-state index >= 15 is 0 Å². The van der Waals surface area contributed by atoms with Crippen LogP contribution in [-0.2, 0) is 14.8 Å². The first-order valence-corrected chi connectivity index (χ1v) is 10.6. The molecule has 1 aliphatic carbocycles. The van der Waals surface area contributed by atoms with Gasteiger partial charge in [-0.1, -0.05) is 35.9 Å². The molecule has 1 N–H and O–H groups in total. The molecule has 7 heteroatoms. The predicted molar refractivity (Wildman–Crippen MR) is 106 cm³/mol. The Bertz CT molecular complexity index is 822. The zero-order valence-corrected chi connectivity index (χ0v) is 16.8. The highest BCUT2D eigenvalue weighted by atomic mass is 35.5. The molecule has 0 radical (unpaired) electrons. The van der Waals surface area contributed by atoms with Gasteiger partial charge in [0.15, 0.2) is 0 Å². The number of nitrogens with one attached hydrogen (secondary N) is 1. The third-order valence-electron chi connectivity index (χ3n) is 5.22. The number of allylic oxidation sites excluding steroid dienone is 2. The minimum Gasteiger partial charge on any atom is -0.382 e. The number of nitrogens with zero attached hydrogens (tertiary/aromatic N) is 1. The molecule has 0 saturated carbocycles. The molecule has 1 heterocycles. The molecule has 2 aliphatic rings. The van der Waals surface area contributed by atoms with E-state index in [4.69, 9.17) is 16.3 Å². The Morgan fingerprint density at radius 3 is 2.81 bits per heavy atom. The molecule has 0 saturated heterocycles. The van der Waals surface area contributed by atoms with Crippen molar-refractivity contribution < 1.29 is 13.2 Å². The Morgan fingerprint density at radius 2 is 2.08 bits per heavy atom. The first-order valence-electron chi connectivity index (χ1n) is 8.74. The molecule has 1 aromatic rings. The lowest BCUT2D eigenvalue weighted by Gasteiger charge is -2.30. The molecule has 0 amide bonds. The van der Waals surface area contributed by atoms with Crippen LogP contribution in [0.3, 0.4) is 0 Å². The number of ether oxygens (including phenoxy) is 1. The van der Waals surface area contributed by atoms with Gasteiger partial charge in [0.25, 0.3) is 0 Å². The predicted octanol–water partition coefficient (Wildman–Crippen LogP) is 3.20. The molecule has 142 valence electrons. The molecule has 1 aliphatic heterocycles. The second-order valence-electron chi connectivity index (χ2n) is 6.79. The fraction of sp³-hybridized carbons (Fsp3) is 0.474. The smallest absolute Gasteiger partial charge is 0.242 e. The number of para-hydroxylation sites is 1. The van der Waals surface area contributed by atoms with E-state index in [1.54, 1.807) is 26.3 Å². The molecule has 3 rings (SSSR count). The molecule has 1 aromatic carbocycles. The van der Waals surface area contributed by atoms with Gasteiger partial charge in [-0.25, -0.2) is 8.42 Å². The van der Waals surface area contributed by atoms with Crippen molar-refractivity contribution in [3.8, 4) is 0 Å². The van der Waals surface area contributed by atoms with Crippen LogP contribution in [0.1, 0.15) is 24.9 Å². The minimum absolute atomic E-state index is 0.128. The Kier molecular flexibility index (Phi) is 5.77. The summed E-state index contributed by atoms with van der Waals surface area (Å²) in [5, 5.41) is 3.32. The first-order chi connectivity index (χ1) is 12.4. The molecule has 0 aromatic heterocycles. The van der Waals surface area contributed by atoms with Crippen molar-refractivity contribution in [2.45, 2.75) is 30.7 Å². The van der Waals surface area contributed by atoms with E-state index in [1.165, 1.54) is 4.31 Å². The second-order valence-corrected chi connectivity index (χ2v) is 9.35. The molecule has 4 unspecified atom stereocenters. The highest BCUT2D eigenvalue weighted by Crippen LogP contribution is 2.43. The molecular formula is C19H25ClN2O3S. The SMILES string of the molecule is COC(C)CCNC1c2ccccc2N(C)S(=O)(=O)C2C=C(Cl)C=CC12. The third-order valence-corrected chi connectivity index (χ3v) is 7.57. The lowest BCUT2D eigenvalue weighted by atomic mass is 9.86. The van der Waals surface area contributed by atoms with Gasteiger partial charge in [0.2, 0.25) is 10.0 Å². The van der Waals surface area contributed by atoms with E-state index in [-0.39, 0.29) is 18.1 Å². The number of rotatable bonds is 5. The first kappa shape index (κ1) is 19.4. The number of hydrogen-bond acceptors (Lipinski definition) is 4. The van der Waals surface area contributed by atoms with Gasteiger partial charge in [-0.15, -0.1) is 0 Å². The maximum atomic E-state index is 13.2. The van der Waals surface area contributed by atoms with Crippen molar-refractivity contribution in [2.24, 2.45) is 5.92 Å².